The van der Waals surface area contributed by atoms with Crippen LogP contribution in [0.4, 0.5) is 13.2 Å². The number of likely N-dealkylation sites (tertiary alicyclic amines) is 1. The standard InChI is InChI=1S/C22H25F3N2O2/c1-20-16(5-4-12-26-20)8-9-21(20)10-13-27(14-11-21)19(28)15-29-18-7-3-2-6-17(18)22(23,24)25/h2-7,12,16H,8-11,13-15H2,1H3. The van der Waals surface area contributed by atoms with Gasteiger partial charge in [-0.15, -0.1) is 0 Å². The highest BCUT2D eigenvalue weighted by molar-refractivity contribution is 5.78. The van der Waals surface area contributed by atoms with Crippen LogP contribution in [0.25, 0.3) is 0 Å². The van der Waals surface area contributed by atoms with E-state index in [0.717, 1.165) is 31.7 Å². The zero-order chi connectivity index (χ0) is 20.7. The average Bonchev–Trinajstić information content (AvgIpc) is 2.98. The highest BCUT2D eigenvalue weighted by atomic mass is 19.4. The third-order valence-electron chi connectivity index (χ3n) is 7.12. The molecule has 4 rings (SSSR count). The molecule has 156 valence electrons. The Morgan fingerprint density at radius 3 is 2.69 bits per heavy atom. The van der Waals surface area contributed by atoms with Crippen molar-refractivity contribution in [2.75, 3.05) is 19.7 Å². The lowest BCUT2D eigenvalue weighted by molar-refractivity contribution is -0.141. The van der Waals surface area contributed by atoms with Crippen molar-refractivity contribution in [2.24, 2.45) is 16.3 Å². The van der Waals surface area contributed by atoms with Crippen LogP contribution in [0.5, 0.6) is 5.75 Å². The largest absolute Gasteiger partial charge is 0.483 e. The lowest BCUT2D eigenvalue weighted by Crippen LogP contribution is -2.52. The SMILES string of the molecule is CC12N=CC=CC1CCC21CCN(C(=O)COc2ccccc2C(F)(F)F)CC1. The summed E-state index contributed by atoms with van der Waals surface area (Å²) in [5, 5.41) is 0. The number of fused-ring (bicyclic) bond motifs is 2. The maximum atomic E-state index is 13.1. The fraction of sp³-hybridized carbons (Fsp3) is 0.545. The molecule has 0 N–H and O–H groups in total. The molecule has 2 atom stereocenters. The molecule has 1 saturated carbocycles. The highest BCUT2D eigenvalue weighted by Gasteiger charge is 2.57. The van der Waals surface area contributed by atoms with Gasteiger partial charge in [0, 0.05) is 25.2 Å². The molecule has 1 amide bonds. The van der Waals surface area contributed by atoms with Crippen molar-refractivity contribution in [1.29, 1.82) is 0 Å². The highest BCUT2D eigenvalue weighted by Crippen LogP contribution is 2.58. The molecule has 29 heavy (non-hydrogen) atoms. The number of dihydropyridines is 1. The van der Waals surface area contributed by atoms with E-state index >= 15 is 0 Å². The first kappa shape index (κ1) is 20.0. The number of hydrogen-bond donors (Lipinski definition) is 0. The molecule has 4 nitrogen and oxygen atoms in total. The van der Waals surface area contributed by atoms with E-state index in [-0.39, 0.29) is 29.2 Å². The average molecular weight is 406 g/mol. The molecule has 1 aromatic rings. The molecule has 1 saturated heterocycles. The smallest absolute Gasteiger partial charge is 0.419 e. The Kier molecular flexibility index (Phi) is 4.95. The van der Waals surface area contributed by atoms with Gasteiger partial charge in [-0.25, -0.2) is 0 Å². The van der Waals surface area contributed by atoms with Crippen LogP contribution >= 0.6 is 0 Å². The minimum absolute atomic E-state index is 0.0828. The van der Waals surface area contributed by atoms with E-state index in [9.17, 15) is 18.0 Å². The first-order chi connectivity index (χ1) is 13.8. The summed E-state index contributed by atoms with van der Waals surface area (Å²) in [7, 11) is 0. The number of benzene rings is 1. The van der Waals surface area contributed by atoms with E-state index in [4.69, 9.17) is 9.73 Å². The number of hydrogen-bond acceptors (Lipinski definition) is 3. The Morgan fingerprint density at radius 2 is 1.97 bits per heavy atom. The number of carbonyl (C=O) groups is 1. The van der Waals surface area contributed by atoms with Gasteiger partial charge in [-0.2, -0.15) is 13.2 Å². The van der Waals surface area contributed by atoms with Crippen LogP contribution in [0, 0.1) is 11.3 Å². The van der Waals surface area contributed by atoms with E-state index in [1.165, 1.54) is 18.2 Å². The Morgan fingerprint density at radius 1 is 1.24 bits per heavy atom. The van der Waals surface area contributed by atoms with Crippen LogP contribution in [0.2, 0.25) is 0 Å². The van der Waals surface area contributed by atoms with E-state index < -0.39 is 11.7 Å². The first-order valence-electron chi connectivity index (χ1n) is 10.0. The number of rotatable bonds is 3. The van der Waals surface area contributed by atoms with Gasteiger partial charge in [0.15, 0.2) is 6.61 Å². The van der Waals surface area contributed by atoms with Crippen LogP contribution in [0.1, 0.15) is 38.2 Å². The Hall–Kier alpha value is -2.31. The maximum absolute atomic E-state index is 13.1. The first-order valence-corrected chi connectivity index (χ1v) is 10.0. The van der Waals surface area contributed by atoms with Crippen molar-refractivity contribution < 1.29 is 22.7 Å². The number of aliphatic imine (C=N–C) groups is 1. The van der Waals surface area contributed by atoms with E-state index in [1.54, 1.807) is 4.90 Å². The summed E-state index contributed by atoms with van der Waals surface area (Å²) in [6, 6.07) is 4.98. The topological polar surface area (TPSA) is 41.9 Å². The van der Waals surface area contributed by atoms with E-state index in [1.807, 2.05) is 12.3 Å². The fourth-order valence-corrected chi connectivity index (χ4v) is 5.25. The van der Waals surface area contributed by atoms with Crippen molar-refractivity contribution in [3.8, 4) is 5.75 Å². The molecule has 1 spiro atoms. The molecule has 0 aromatic heterocycles. The van der Waals surface area contributed by atoms with Crippen molar-refractivity contribution in [3.05, 3.63) is 42.0 Å². The number of nitrogens with zero attached hydrogens (tertiary/aromatic N) is 2. The van der Waals surface area contributed by atoms with Gasteiger partial charge < -0.3 is 9.64 Å². The van der Waals surface area contributed by atoms with Crippen molar-refractivity contribution >= 4 is 12.1 Å². The number of ether oxygens (including phenoxy) is 1. The molecular formula is C22H25F3N2O2. The zero-order valence-corrected chi connectivity index (χ0v) is 16.4. The molecule has 1 aliphatic carbocycles. The third-order valence-corrected chi connectivity index (χ3v) is 7.12. The van der Waals surface area contributed by atoms with Crippen molar-refractivity contribution in [3.63, 3.8) is 0 Å². The zero-order valence-electron chi connectivity index (χ0n) is 16.4. The number of piperidine rings is 1. The number of halogens is 3. The van der Waals surface area contributed by atoms with Gasteiger partial charge in [0.25, 0.3) is 5.91 Å². The molecule has 0 radical (unpaired) electrons. The lowest BCUT2D eigenvalue weighted by atomic mass is 9.64. The van der Waals surface area contributed by atoms with Gasteiger partial charge in [0.05, 0.1) is 11.1 Å². The summed E-state index contributed by atoms with van der Waals surface area (Å²) >= 11 is 0. The van der Waals surface area contributed by atoms with Gasteiger partial charge >= 0.3 is 6.18 Å². The molecule has 2 heterocycles. The fourth-order valence-electron chi connectivity index (χ4n) is 5.25. The second-order valence-corrected chi connectivity index (χ2v) is 8.40. The molecule has 2 unspecified atom stereocenters. The molecule has 1 aromatic carbocycles. The quantitative estimate of drug-likeness (QED) is 0.742. The van der Waals surface area contributed by atoms with Crippen LogP contribution in [-0.4, -0.2) is 42.3 Å². The summed E-state index contributed by atoms with van der Waals surface area (Å²) in [4.78, 5) is 19.1. The summed E-state index contributed by atoms with van der Waals surface area (Å²) in [6.07, 6.45) is 5.54. The third kappa shape index (κ3) is 3.45. The molecule has 2 fully saturated rings. The van der Waals surface area contributed by atoms with Crippen LogP contribution < -0.4 is 4.74 Å². The Bertz CT molecular complexity index is 841. The molecule has 0 bridgehead atoms. The summed E-state index contributed by atoms with van der Waals surface area (Å²) in [5.41, 5.74) is -0.906. The van der Waals surface area contributed by atoms with Crippen molar-refractivity contribution in [1.82, 2.24) is 4.90 Å². The number of allylic oxidation sites excluding steroid dienone is 1. The van der Waals surface area contributed by atoms with Gasteiger partial charge in [-0.1, -0.05) is 18.2 Å². The van der Waals surface area contributed by atoms with Crippen LogP contribution in [0.15, 0.2) is 41.4 Å². The normalized spacial score (nSPS) is 27.9. The second kappa shape index (κ2) is 7.18. The Balaban J connectivity index is 1.37. The monoisotopic (exact) mass is 406 g/mol. The number of amides is 1. The van der Waals surface area contributed by atoms with Gasteiger partial charge in [-0.05, 0) is 56.2 Å². The van der Waals surface area contributed by atoms with E-state index in [2.05, 4.69) is 13.0 Å². The maximum Gasteiger partial charge on any atom is 0.419 e. The molecule has 7 heteroatoms. The minimum atomic E-state index is -4.51. The predicted molar refractivity (Wildman–Crippen MR) is 104 cm³/mol. The summed E-state index contributed by atoms with van der Waals surface area (Å²) in [6.45, 7) is 3.01. The van der Waals surface area contributed by atoms with Crippen molar-refractivity contribution in [2.45, 2.75) is 44.3 Å². The lowest BCUT2D eigenvalue weighted by Gasteiger charge is -2.49. The molecular weight excluding hydrogens is 381 g/mol. The predicted octanol–water partition coefficient (Wildman–Crippen LogP) is 4.50. The number of para-hydroxylation sites is 1. The van der Waals surface area contributed by atoms with Crippen LogP contribution in [0.3, 0.4) is 0 Å². The van der Waals surface area contributed by atoms with Crippen LogP contribution in [-0.2, 0) is 11.0 Å². The summed E-state index contributed by atoms with van der Waals surface area (Å²) in [5.74, 6) is -0.142. The second-order valence-electron chi connectivity index (χ2n) is 8.40. The van der Waals surface area contributed by atoms with Gasteiger partial charge in [0.1, 0.15) is 5.75 Å². The van der Waals surface area contributed by atoms with E-state index in [0.29, 0.717) is 19.0 Å². The number of alkyl halides is 3. The van der Waals surface area contributed by atoms with Gasteiger partial charge in [-0.3, -0.25) is 9.79 Å². The van der Waals surface area contributed by atoms with Gasteiger partial charge in [0.2, 0.25) is 0 Å². The Labute approximate surface area is 168 Å². The minimum Gasteiger partial charge on any atom is -0.483 e. The summed E-state index contributed by atoms with van der Waals surface area (Å²) < 4.78 is 44.5. The molecule has 3 aliphatic rings. The number of carbonyl (C=O) groups excluding carboxylic acids is 1. The molecule has 2 aliphatic heterocycles.